The van der Waals surface area contributed by atoms with E-state index in [4.69, 9.17) is 4.74 Å². The molecule has 0 aliphatic rings. The summed E-state index contributed by atoms with van der Waals surface area (Å²) in [4.78, 5) is 13.6. The number of amides is 1. The minimum atomic E-state index is 0.0600. The van der Waals surface area contributed by atoms with Crippen LogP contribution in [0.3, 0.4) is 0 Å². The lowest BCUT2D eigenvalue weighted by molar-refractivity contribution is -0.130. The summed E-state index contributed by atoms with van der Waals surface area (Å²) in [7, 11) is 3.65. The standard InChI is InChI=1S/C15H19N3O2/c1-17(11-13-10-16-18(2)12-13)15(19)8-9-20-14-6-4-3-5-7-14/h3-7,10,12H,8-9,11H2,1-2H3. The molecule has 1 amide bonds. The maximum atomic E-state index is 12.0. The smallest absolute Gasteiger partial charge is 0.226 e. The first-order valence-corrected chi connectivity index (χ1v) is 6.54. The summed E-state index contributed by atoms with van der Waals surface area (Å²) in [6.45, 7) is 0.957. The van der Waals surface area contributed by atoms with E-state index >= 15 is 0 Å². The quantitative estimate of drug-likeness (QED) is 0.807. The van der Waals surface area contributed by atoms with Gasteiger partial charge >= 0.3 is 0 Å². The third-order valence-electron chi connectivity index (χ3n) is 2.93. The van der Waals surface area contributed by atoms with Crippen molar-refractivity contribution in [2.75, 3.05) is 13.7 Å². The van der Waals surface area contributed by atoms with E-state index in [9.17, 15) is 4.79 Å². The lowest BCUT2D eigenvalue weighted by Gasteiger charge is -2.16. The summed E-state index contributed by atoms with van der Waals surface area (Å²) < 4.78 is 7.25. The fraction of sp³-hybridized carbons (Fsp3) is 0.333. The number of aromatic nitrogens is 2. The van der Waals surface area contributed by atoms with E-state index in [1.54, 1.807) is 22.8 Å². The monoisotopic (exact) mass is 273 g/mol. The summed E-state index contributed by atoms with van der Waals surface area (Å²) in [6.07, 6.45) is 4.04. The Labute approximate surface area is 118 Å². The molecule has 0 aliphatic heterocycles. The van der Waals surface area contributed by atoms with Gasteiger partial charge in [-0.3, -0.25) is 9.48 Å². The highest BCUT2D eigenvalue weighted by Crippen LogP contribution is 2.09. The highest BCUT2D eigenvalue weighted by atomic mass is 16.5. The van der Waals surface area contributed by atoms with E-state index in [1.807, 2.05) is 43.6 Å². The molecule has 0 N–H and O–H groups in total. The zero-order chi connectivity index (χ0) is 14.4. The second kappa shape index (κ2) is 6.75. The van der Waals surface area contributed by atoms with Gasteiger partial charge in [-0.05, 0) is 12.1 Å². The molecule has 0 unspecified atom stereocenters. The molecule has 1 aromatic carbocycles. The van der Waals surface area contributed by atoms with E-state index in [2.05, 4.69) is 5.10 Å². The van der Waals surface area contributed by atoms with Crippen LogP contribution >= 0.6 is 0 Å². The van der Waals surface area contributed by atoms with Gasteiger partial charge in [0.15, 0.2) is 0 Å². The molecule has 0 aliphatic carbocycles. The van der Waals surface area contributed by atoms with Gasteiger partial charge in [0.1, 0.15) is 5.75 Å². The Bertz CT molecular complexity index is 551. The fourth-order valence-electron chi connectivity index (χ4n) is 1.88. The number of benzene rings is 1. The van der Waals surface area contributed by atoms with Gasteiger partial charge in [0.05, 0.1) is 19.2 Å². The van der Waals surface area contributed by atoms with Crippen LogP contribution < -0.4 is 4.74 Å². The van der Waals surface area contributed by atoms with E-state index in [-0.39, 0.29) is 5.91 Å². The number of para-hydroxylation sites is 1. The Kier molecular flexibility index (Phi) is 4.76. The van der Waals surface area contributed by atoms with Crippen LogP contribution in [0.1, 0.15) is 12.0 Å². The molecular formula is C15H19N3O2. The summed E-state index contributed by atoms with van der Waals surface area (Å²) in [5, 5.41) is 4.08. The molecule has 0 fully saturated rings. The summed E-state index contributed by atoms with van der Waals surface area (Å²) >= 11 is 0. The topological polar surface area (TPSA) is 47.4 Å². The Morgan fingerprint density at radius 2 is 2.10 bits per heavy atom. The van der Waals surface area contributed by atoms with Gasteiger partial charge in [0.25, 0.3) is 0 Å². The molecule has 106 valence electrons. The van der Waals surface area contributed by atoms with Crippen molar-refractivity contribution >= 4 is 5.91 Å². The second-order valence-corrected chi connectivity index (χ2v) is 4.68. The number of rotatable bonds is 6. The molecule has 20 heavy (non-hydrogen) atoms. The van der Waals surface area contributed by atoms with Crippen LogP contribution in [0.4, 0.5) is 0 Å². The van der Waals surface area contributed by atoms with Gasteiger partial charge in [0, 0.05) is 32.4 Å². The van der Waals surface area contributed by atoms with Crippen molar-refractivity contribution in [3.8, 4) is 5.75 Å². The van der Waals surface area contributed by atoms with E-state index < -0.39 is 0 Å². The molecule has 0 bridgehead atoms. The van der Waals surface area contributed by atoms with Crippen molar-refractivity contribution in [3.63, 3.8) is 0 Å². The van der Waals surface area contributed by atoms with Crippen LogP contribution in [-0.2, 0) is 18.4 Å². The van der Waals surface area contributed by atoms with Crippen molar-refractivity contribution in [1.29, 1.82) is 0 Å². The van der Waals surface area contributed by atoms with Crippen molar-refractivity contribution in [3.05, 3.63) is 48.3 Å². The third-order valence-corrected chi connectivity index (χ3v) is 2.93. The molecule has 5 nitrogen and oxygen atoms in total. The van der Waals surface area contributed by atoms with Gasteiger partial charge < -0.3 is 9.64 Å². The Balaban J connectivity index is 1.74. The number of hydrogen-bond acceptors (Lipinski definition) is 3. The Hall–Kier alpha value is -2.30. The van der Waals surface area contributed by atoms with Crippen molar-refractivity contribution in [1.82, 2.24) is 14.7 Å². The first kappa shape index (κ1) is 14.1. The summed E-state index contributed by atoms with van der Waals surface area (Å²) in [5.74, 6) is 0.847. The maximum absolute atomic E-state index is 12.0. The number of carbonyl (C=O) groups is 1. The van der Waals surface area contributed by atoms with E-state index in [0.717, 1.165) is 11.3 Å². The average Bonchev–Trinajstić information content (AvgIpc) is 2.85. The molecule has 2 rings (SSSR count). The van der Waals surface area contributed by atoms with Gasteiger partial charge in [-0.1, -0.05) is 18.2 Å². The fourth-order valence-corrected chi connectivity index (χ4v) is 1.88. The van der Waals surface area contributed by atoms with Crippen LogP contribution in [-0.4, -0.2) is 34.2 Å². The molecule has 1 heterocycles. The van der Waals surface area contributed by atoms with Gasteiger partial charge in [-0.15, -0.1) is 0 Å². The SMILES string of the molecule is CN(Cc1cnn(C)c1)C(=O)CCOc1ccccc1. The average molecular weight is 273 g/mol. The van der Waals surface area contributed by atoms with Crippen LogP contribution in [0, 0.1) is 0 Å². The van der Waals surface area contributed by atoms with Crippen molar-refractivity contribution in [2.24, 2.45) is 7.05 Å². The third kappa shape index (κ3) is 4.12. The highest BCUT2D eigenvalue weighted by Gasteiger charge is 2.10. The molecule has 2 aromatic rings. The first-order chi connectivity index (χ1) is 9.65. The highest BCUT2D eigenvalue weighted by molar-refractivity contribution is 5.75. The minimum Gasteiger partial charge on any atom is -0.493 e. The molecule has 0 spiro atoms. The van der Waals surface area contributed by atoms with E-state index in [0.29, 0.717) is 19.6 Å². The predicted molar refractivity (Wildman–Crippen MR) is 76.2 cm³/mol. The number of nitrogens with zero attached hydrogens (tertiary/aromatic N) is 3. The molecule has 1 aromatic heterocycles. The Morgan fingerprint density at radius 1 is 1.35 bits per heavy atom. The summed E-state index contributed by atoms with van der Waals surface area (Å²) in [5.41, 5.74) is 1.02. The Morgan fingerprint density at radius 3 is 2.75 bits per heavy atom. The van der Waals surface area contributed by atoms with Gasteiger partial charge in [-0.2, -0.15) is 5.10 Å². The molecule has 5 heteroatoms. The van der Waals surface area contributed by atoms with E-state index in [1.165, 1.54) is 0 Å². The van der Waals surface area contributed by atoms with Crippen LogP contribution in [0.15, 0.2) is 42.7 Å². The zero-order valence-corrected chi connectivity index (χ0v) is 11.8. The lowest BCUT2D eigenvalue weighted by atomic mass is 10.3. The zero-order valence-electron chi connectivity index (χ0n) is 11.8. The molecule has 0 atom stereocenters. The number of hydrogen-bond donors (Lipinski definition) is 0. The normalized spacial score (nSPS) is 10.3. The molecular weight excluding hydrogens is 254 g/mol. The number of carbonyl (C=O) groups excluding carboxylic acids is 1. The second-order valence-electron chi connectivity index (χ2n) is 4.68. The van der Waals surface area contributed by atoms with Gasteiger partial charge in [0.2, 0.25) is 5.91 Å². The molecule has 0 radical (unpaired) electrons. The largest absolute Gasteiger partial charge is 0.493 e. The summed E-state index contributed by atoms with van der Waals surface area (Å²) in [6, 6.07) is 9.50. The van der Waals surface area contributed by atoms with Crippen molar-refractivity contribution in [2.45, 2.75) is 13.0 Å². The lowest BCUT2D eigenvalue weighted by Crippen LogP contribution is -2.27. The molecule has 0 saturated heterocycles. The van der Waals surface area contributed by atoms with Crippen LogP contribution in [0.2, 0.25) is 0 Å². The number of aryl methyl sites for hydroxylation is 1. The van der Waals surface area contributed by atoms with Crippen LogP contribution in [0.25, 0.3) is 0 Å². The predicted octanol–water partition coefficient (Wildman–Crippen LogP) is 1.85. The molecule has 0 saturated carbocycles. The minimum absolute atomic E-state index is 0.0600. The van der Waals surface area contributed by atoms with Crippen LogP contribution in [0.5, 0.6) is 5.75 Å². The number of ether oxygens (including phenoxy) is 1. The van der Waals surface area contributed by atoms with Crippen molar-refractivity contribution < 1.29 is 9.53 Å². The maximum Gasteiger partial charge on any atom is 0.226 e. The first-order valence-electron chi connectivity index (χ1n) is 6.54. The van der Waals surface area contributed by atoms with Gasteiger partial charge in [-0.25, -0.2) is 0 Å².